The number of anilines is 1. The van der Waals surface area contributed by atoms with Gasteiger partial charge in [-0.15, -0.1) is 0 Å². The number of rotatable bonds is 5. The minimum absolute atomic E-state index is 0.297. The highest BCUT2D eigenvalue weighted by molar-refractivity contribution is 5.85. The van der Waals surface area contributed by atoms with Crippen molar-refractivity contribution in [3.63, 3.8) is 0 Å². The van der Waals surface area contributed by atoms with Crippen LogP contribution in [0.5, 0.6) is 0 Å². The first-order valence-corrected chi connectivity index (χ1v) is 5.39. The number of aliphatic hydroxyl groups excluding tert-OH is 1. The van der Waals surface area contributed by atoms with Crippen molar-refractivity contribution in [1.82, 2.24) is 14.5 Å². The SMILES string of the molecule is COCC(O)CNc1nccc2c1ncn2C. The Labute approximate surface area is 99.3 Å². The lowest BCUT2D eigenvalue weighted by Crippen LogP contribution is -2.24. The first-order valence-electron chi connectivity index (χ1n) is 5.39. The lowest BCUT2D eigenvalue weighted by molar-refractivity contribution is 0.0727. The van der Waals surface area contributed by atoms with Crippen molar-refractivity contribution in [2.45, 2.75) is 6.10 Å². The fourth-order valence-electron chi connectivity index (χ4n) is 1.66. The largest absolute Gasteiger partial charge is 0.389 e. The van der Waals surface area contributed by atoms with E-state index in [1.165, 1.54) is 0 Å². The van der Waals surface area contributed by atoms with E-state index in [1.54, 1.807) is 19.6 Å². The van der Waals surface area contributed by atoms with Gasteiger partial charge in [0.05, 0.1) is 24.6 Å². The topological polar surface area (TPSA) is 72.2 Å². The fourth-order valence-corrected chi connectivity index (χ4v) is 1.66. The summed E-state index contributed by atoms with van der Waals surface area (Å²) in [7, 11) is 3.49. The van der Waals surface area contributed by atoms with Crippen LogP contribution in [0.3, 0.4) is 0 Å². The molecule has 1 atom stereocenters. The summed E-state index contributed by atoms with van der Waals surface area (Å²) in [6, 6.07) is 1.90. The van der Waals surface area contributed by atoms with Gasteiger partial charge in [-0.3, -0.25) is 0 Å². The molecule has 0 aliphatic heterocycles. The van der Waals surface area contributed by atoms with E-state index >= 15 is 0 Å². The summed E-state index contributed by atoms with van der Waals surface area (Å²) in [6.07, 6.45) is 2.90. The van der Waals surface area contributed by atoms with Crippen molar-refractivity contribution in [3.05, 3.63) is 18.6 Å². The number of ether oxygens (including phenoxy) is 1. The van der Waals surface area contributed by atoms with Crippen molar-refractivity contribution in [2.24, 2.45) is 7.05 Å². The Morgan fingerprint density at radius 2 is 2.35 bits per heavy atom. The minimum Gasteiger partial charge on any atom is -0.389 e. The maximum absolute atomic E-state index is 9.55. The molecular formula is C11H16N4O2. The molecule has 2 aromatic rings. The van der Waals surface area contributed by atoms with Gasteiger partial charge in [0.1, 0.15) is 5.52 Å². The number of hydrogen-bond donors (Lipinski definition) is 2. The number of hydrogen-bond acceptors (Lipinski definition) is 5. The maximum Gasteiger partial charge on any atom is 0.154 e. The molecular weight excluding hydrogens is 220 g/mol. The van der Waals surface area contributed by atoms with Crippen LogP contribution in [-0.4, -0.2) is 46.0 Å². The Hall–Kier alpha value is -1.66. The van der Waals surface area contributed by atoms with Crippen LogP contribution in [-0.2, 0) is 11.8 Å². The molecule has 0 aliphatic rings. The van der Waals surface area contributed by atoms with Crippen LogP contribution in [0.4, 0.5) is 5.82 Å². The van der Waals surface area contributed by atoms with Gasteiger partial charge in [0.15, 0.2) is 5.82 Å². The van der Waals surface area contributed by atoms with E-state index in [0.717, 1.165) is 11.0 Å². The molecule has 6 heteroatoms. The Bertz CT molecular complexity index is 497. The zero-order valence-electron chi connectivity index (χ0n) is 9.92. The molecule has 2 heterocycles. The van der Waals surface area contributed by atoms with Gasteiger partial charge in [0.25, 0.3) is 0 Å². The number of aromatic nitrogens is 3. The number of aliphatic hydroxyl groups is 1. The van der Waals surface area contributed by atoms with E-state index in [0.29, 0.717) is 19.0 Å². The number of aryl methyl sites for hydroxylation is 1. The van der Waals surface area contributed by atoms with E-state index in [9.17, 15) is 5.11 Å². The Kier molecular flexibility index (Phi) is 3.55. The van der Waals surface area contributed by atoms with Gasteiger partial charge in [0, 0.05) is 26.9 Å². The average molecular weight is 236 g/mol. The summed E-state index contributed by atoms with van der Waals surface area (Å²) in [5.74, 6) is 0.679. The van der Waals surface area contributed by atoms with Gasteiger partial charge >= 0.3 is 0 Å². The second-order valence-electron chi connectivity index (χ2n) is 3.87. The number of nitrogens with one attached hydrogen (secondary N) is 1. The third-order valence-corrected chi connectivity index (χ3v) is 2.51. The average Bonchev–Trinajstić information content (AvgIpc) is 2.70. The van der Waals surface area contributed by atoms with Crippen LogP contribution >= 0.6 is 0 Å². The second kappa shape index (κ2) is 5.11. The Morgan fingerprint density at radius 1 is 1.53 bits per heavy atom. The molecule has 0 saturated carbocycles. The quantitative estimate of drug-likeness (QED) is 0.785. The van der Waals surface area contributed by atoms with E-state index in [2.05, 4.69) is 15.3 Å². The molecule has 2 aromatic heterocycles. The van der Waals surface area contributed by atoms with Crippen LogP contribution < -0.4 is 5.32 Å². The normalized spacial score (nSPS) is 12.9. The van der Waals surface area contributed by atoms with Gasteiger partial charge in [-0.2, -0.15) is 0 Å². The lowest BCUT2D eigenvalue weighted by atomic mass is 10.3. The number of nitrogens with zero attached hydrogens (tertiary/aromatic N) is 3. The Balaban J connectivity index is 2.13. The van der Waals surface area contributed by atoms with Crippen molar-refractivity contribution in [1.29, 1.82) is 0 Å². The molecule has 2 N–H and O–H groups in total. The molecule has 0 spiro atoms. The first-order chi connectivity index (χ1) is 8.22. The van der Waals surface area contributed by atoms with E-state index in [4.69, 9.17) is 4.74 Å². The molecule has 0 aliphatic carbocycles. The van der Waals surface area contributed by atoms with Crippen molar-refractivity contribution < 1.29 is 9.84 Å². The zero-order chi connectivity index (χ0) is 12.3. The van der Waals surface area contributed by atoms with Crippen LogP contribution in [0.25, 0.3) is 11.0 Å². The highest BCUT2D eigenvalue weighted by Crippen LogP contribution is 2.18. The number of fused-ring (bicyclic) bond motifs is 1. The van der Waals surface area contributed by atoms with Gasteiger partial charge in [-0.25, -0.2) is 9.97 Å². The lowest BCUT2D eigenvalue weighted by Gasteiger charge is -2.11. The molecule has 6 nitrogen and oxygen atoms in total. The smallest absolute Gasteiger partial charge is 0.154 e. The van der Waals surface area contributed by atoms with Crippen molar-refractivity contribution >= 4 is 16.9 Å². The molecule has 17 heavy (non-hydrogen) atoms. The molecule has 1 unspecified atom stereocenters. The van der Waals surface area contributed by atoms with Crippen LogP contribution in [0, 0.1) is 0 Å². The molecule has 0 amide bonds. The molecule has 0 aromatic carbocycles. The summed E-state index contributed by atoms with van der Waals surface area (Å²) in [6.45, 7) is 0.682. The highest BCUT2D eigenvalue weighted by atomic mass is 16.5. The monoisotopic (exact) mass is 236 g/mol. The molecule has 0 saturated heterocycles. The summed E-state index contributed by atoms with van der Waals surface area (Å²) in [5.41, 5.74) is 1.81. The van der Waals surface area contributed by atoms with E-state index < -0.39 is 6.10 Å². The van der Waals surface area contributed by atoms with Gasteiger partial charge in [-0.05, 0) is 6.07 Å². The minimum atomic E-state index is -0.555. The number of pyridine rings is 1. The summed E-state index contributed by atoms with van der Waals surface area (Å²) in [5, 5.41) is 12.6. The first kappa shape index (κ1) is 11.8. The van der Waals surface area contributed by atoms with Crippen molar-refractivity contribution in [2.75, 3.05) is 25.6 Å². The van der Waals surface area contributed by atoms with Gasteiger partial charge in [0.2, 0.25) is 0 Å². The third-order valence-electron chi connectivity index (χ3n) is 2.51. The highest BCUT2D eigenvalue weighted by Gasteiger charge is 2.08. The van der Waals surface area contributed by atoms with Gasteiger partial charge < -0.3 is 19.7 Å². The summed E-state index contributed by atoms with van der Waals surface area (Å²) in [4.78, 5) is 8.48. The van der Waals surface area contributed by atoms with Crippen molar-refractivity contribution in [3.8, 4) is 0 Å². The summed E-state index contributed by atoms with van der Waals surface area (Å²) < 4.78 is 6.78. The third kappa shape index (κ3) is 2.54. The predicted molar refractivity (Wildman–Crippen MR) is 64.9 cm³/mol. The van der Waals surface area contributed by atoms with E-state index in [1.807, 2.05) is 17.7 Å². The standard InChI is InChI=1S/C11H16N4O2/c1-15-7-14-10-9(15)3-4-12-11(10)13-5-8(16)6-17-2/h3-4,7-8,16H,5-6H2,1-2H3,(H,12,13). The van der Waals surface area contributed by atoms with Crippen LogP contribution in [0.15, 0.2) is 18.6 Å². The molecule has 92 valence electrons. The molecule has 0 radical (unpaired) electrons. The molecule has 0 bridgehead atoms. The van der Waals surface area contributed by atoms with Crippen LogP contribution in [0.1, 0.15) is 0 Å². The summed E-state index contributed by atoms with van der Waals surface area (Å²) >= 11 is 0. The maximum atomic E-state index is 9.55. The predicted octanol–water partition coefficient (Wildman–Crippen LogP) is 0.387. The second-order valence-corrected chi connectivity index (χ2v) is 3.87. The molecule has 0 fully saturated rings. The Morgan fingerprint density at radius 3 is 3.12 bits per heavy atom. The van der Waals surface area contributed by atoms with Gasteiger partial charge in [-0.1, -0.05) is 0 Å². The number of methoxy groups -OCH3 is 1. The fraction of sp³-hybridized carbons (Fsp3) is 0.455. The molecule has 2 rings (SSSR count). The zero-order valence-corrected chi connectivity index (χ0v) is 9.92. The van der Waals surface area contributed by atoms with Crippen LogP contribution in [0.2, 0.25) is 0 Å². The number of imidazole rings is 1. The van der Waals surface area contributed by atoms with E-state index in [-0.39, 0.29) is 0 Å².